The maximum Gasteiger partial charge on any atom is 0.246 e. The van der Waals surface area contributed by atoms with Crippen LogP contribution in [-0.2, 0) is 22.7 Å². The van der Waals surface area contributed by atoms with Crippen molar-refractivity contribution in [1.82, 2.24) is 10.6 Å². The largest absolute Gasteiger partial charge is 0.493 e. The molecular formula is C24H30N2O4. The van der Waals surface area contributed by atoms with Crippen molar-refractivity contribution in [3.63, 3.8) is 0 Å². The van der Waals surface area contributed by atoms with E-state index in [1.165, 1.54) is 6.92 Å². The van der Waals surface area contributed by atoms with Crippen LogP contribution in [0.1, 0.15) is 50.2 Å². The molecule has 160 valence electrons. The molecular weight excluding hydrogens is 380 g/mol. The van der Waals surface area contributed by atoms with Crippen LogP contribution < -0.4 is 20.1 Å². The van der Waals surface area contributed by atoms with E-state index in [-0.39, 0.29) is 11.8 Å². The van der Waals surface area contributed by atoms with E-state index >= 15 is 0 Å². The van der Waals surface area contributed by atoms with Gasteiger partial charge in [-0.3, -0.25) is 9.59 Å². The molecule has 1 fully saturated rings. The van der Waals surface area contributed by atoms with E-state index in [4.69, 9.17) is 9.47 Å². The van der Waals surface area contributed by atoms with Crippen molar-refractivity contribution in [3.8, 4) is 11.5 Å². The molecule has 6 heteroatoms. The first-order valence-electron chi connectivity index (χ1n) is 10.4. The zero-order chi connectivity index (χ0) is 21.4. The minimum absolute atomic E-state index is 0.124. The Labute approximate surface area is 178 Å². The molecule has 2 amide bonds. The Balaban J connectivity index is 1.63. The number of methoxy groups -OCH3 is 1. The van der Waals surface area contributed by atoms with Crippen LogP contribution in [0.25, 0.3) is 0 Å². The third-order valence-electron chi connectivity index (χ3n) is 5.48. The average Bonchev–Trinajstić information content (AvgIpc) is 2.77. The van der Waals surface area contributed by atoms with Crippen LogP contribution in [0, 0.1) is 0 Å². The Morgan fingerprint density at radius 3 is 2.37 bits per heavy atom. The first-order valence-corrected chi connectivity index (χ1v) is 10.4. The van der Waals surface area contributed by atoms with Gasteiger partial charge in [0.15, 0.2) is 11.5 Å². The highest BCUT2D eigenvalue weighted by Gasteiger charge is 2.39. The van der Waals surface area contributed by atoms with Gasteiger partial charge in [-0.2, -0.15) is 0 Å². The first kappa shape index (κ1) is 21.7. The third-order valence-corrected chi connectivity index (χ3v) is 5.48. The molecule has 2 aromatic rings. The van der Waals surface area contributed by atoms with Crippen molar-refractivity contribution in [1.29, 1.82) is 0 Å². The van der Waals surface area contributed by atoms with E-state index < -0.39 is 5.54 Å². The highest BCUT2D eigenvalue weighted by molar-refractivity contribution is 5.91. The third kappa shape index (κ3) is 5.53. The molecule has 6 nitrogen and oxygen atoms in total. The van der Waals surface area contributed by atoms with Crippen molar-refractivity contribution in [2.45, 2.75) is 57.7 Å². The molecule has 0 unspecified atom stereocenters. The summed E-state index contributed by atoms with van der Waals surface area (Å²) < 4.78 is 11.4. The number of hydrogen-bond donors (Lipinski definition) is 2. The van der Waals surface area contributed by atoms with E-state index in [0.29, 0.717) is 37.5 Å². The second-order valence-corrected chi connectivity index (χ2v) is 7.77. The monoisotopic (exact) mass is 410 g/mol. The average molecular weight is 411 g/mol. The van der Waals surface area contributed by atoms with Crippen molar-refractivity contribution >= 4 is 11.8 Å². The number of amides is 2. The summed E-state index contributed by atoms with van der Waals surface area (Å²) in [5.74, 6) is 0.972. The lowest BCUT2D eigenvalue weighted by Crippen LogP contribution is -2.59. The molecule has 1 saturated carbocycles. The molecule has 1 aliphatic carbocycles. The quantitative estimate of drug-likeness (QED) is 0.695. The predicted octanol–water partition coefficient (Wildman–Crippen LogP) is 3.73. The van der Waals surface area contributed by atoms with Gasteiger partial charge in [0.25, 0.3) is 0 Å². The smallest absolute Gasteiger partial charge is 0.246 e. The molecule has 30 heavy (non-hydrogen) atoms. The minimum atomic E-state index is -0.799. The van der Waals surface area contributed by atoms with Crippen LogP contribution in [0.4, 0.5) is 0 Å². The summed E-state index contributed by atoms with van der Waals surface area (Å²) in [6.07, 6.45) is 4.32. The summed E-state index contributed by atoms with van der Waals surface area (Å²) >= 11 is 0. The first-order chi connectivity index (χ1) is 14.5. The lowest BCUT2D eigenvalue weighted by Gasteiger charge is -2.36. The zero-order valence-corrected chi connectivity index (χ0v) is 17.7. The number of carbonyl (C=O) groups is 2. The van der Waals surface area contributed by atoms with E-state index in [2.05, 4.69) is 10.6 Å². The summed E-state index contributed by atoms with van der Waals surface area (Å²) in [4.78, 5) is 24.6. The Hall–Kier alpha value is -3.02. The number of ether oxygens (including phenoxy) is 2. The van der Waals surface area contributed by atoms with Gasteiger partial charge in [0.05, 0.1) is 7.11 Å². The van der Waals surface area contributed by atoms with Crippen molar-refractivity contribution in [2.24, 2.45) is 0 Å². The minimum Gasteiger partial charge on any atom is -0.493 e. The van der Waals surface area contributed by atoms with Gasteiger partial charge in [0, 0.05) is 13.5 Å². The van der Waals surface area contributed by atoms with E-state index in [0.717, 1.165) is 30.4 Å². The fourth-order valence-electron chi connectivity index (χ4n) is 3.93. The fourth-order valence-corrected chi connectivity index (χ4v) is 3.93. The van der Waals surface area contributed by atoms with Crippen molar-refractivity contribution in [3.05, 3.63) is 59.7 Å². The molecule has 0 saturated heterocycles. The Bertz CT molecular complexity index is 861. The van der Waals surface area contributed by atoms with Gasteiger partial charge < -0.3 is 20.1 Å². The topological polar surface area (TPSA) is 76.7 Å². The Morgan fingerprint density at radius 2 is 1.70 bits per heavy atom. The summed E-state index contributed by atoms with van der Waals surface area (Å²) in [7, 11) is 1.60. The van der Waals surface area contributed by atoms with Crippen LogP contribution >= 0.6 is 0 Å². The molecule has 0 atom stereocenters. The molecule has 1 aliphatic rings. The summed E-state index contributed by atoms with van der Waals surface area (Å²) in [6, 6.07) is 15.6. The van der Waals surface area contributed by atoms with Crippen LogP contribution in [-0.4, -0.2) is 24.5 Å². The number of rotatable bonds is 8. The number of benzene rings is 2. The molecule has 0 aliphatic heterocycles. The normalized spacial score (nSPS) is 15.1. The van der Waals surface area contributed by atoms with Gasteiger partial charge in [-0.1, -0.05) is 55.7 Å². The van der Waals surface area contributed by atoms with Gasteiger partial charge in [0.1, 0.15) is 12.1 Å². The molecule has 0 spiro atoms. The maximum absolute atomic E-state index is 12.9. The molecule has 3 rings (SSSR count). The lowest BCUT2D eigenvalue weighted by molar-refractivity contribution is -0.134. The highest BCUT2D eigenvalue weighted by atomic mass is 16.5. The fraction of sp³-hybridized carbons (Fsp3) is 0.417. The molecule has 0 aromatic heterocycles. The number of nitrogens with one attached hydrogen (secondary N) is 2. The molecule has 0 bridgehead atoms. The molecule has 2 N–H and O–H groups in total. The van der Waals surface area contributed by atoms with Gasteiger partial charge in [-0.05, 0) is 36.1 Å². The van der Waals surface area contributed by atoms with E-state index in [1.54, 1.807) is 7.11 Å². The zero-order valence-electron chi connectivity index (χ0n) is 17.7. The van der Waals surface area contributed by atoms with Gasteiger partial charge >= 0.3 is 0 Å². The second-order valence-electron chi connectivity index (χ2n) is 7.77. The highest BCUT2D eigenvalue weighted by Crippen LogP contribution is 2.30. The second kappa shape index (κ2) is 10.1. The predicted molar refractivity (Wildman–Crippen MR) is 115 cm³/mol. The van der Waals surface area contributed by atoms with Crippen molar-refractivity contribution in [2.75, 3.05) is 7.11 Å². The Kier molecular flexibility index (Phi) is 7.33. The number of carbonyl (C=O) groups excluding carboxylic acids is 2. The number of hydrogen-bond acceptors (Lipinski definition) is 4. The summed E-state index contributed by atoms with van der Waals surface area (Å²) in [5, 5.41) is 5.89. The molecule has 0 heterocycles. The maximum atomic E-state index is 12.9. The lowest BCUT2D eigenvalue weighted by atomic mass is 9.80. The van der Waals surface area contributed by atoms with Crippen LogP contribution in [0.3, 0.4) is 0 Å². The molecule has 0 radical (unpaired) electrons. The summed E-state index contributed by atoms with van der Waals surface area (Å²) in [6.45, 7) is 2.27. The van der Waals surface area contributed by atoms with Crippen LogP contribution in [0.2, 0.25) is 0 Å². The van der Waals surface area contributed by atoms with E-state index in [9.17, 15) is 9.59 Å². The Morgan fingerprint density at radius 1 is 0.967 bits per heavy atom. The van der Waals surface area contributed by atoms with Crippen LogP contribution in [0.15, 0.2) is 48.5 Å². The van der Waals surface area contributed by atoms with E-state index in [1.807, 2.05) is 48.5 Å². The summed E-state index contributed by atoms with van der Waals surface area (Å²) in [5.41, 5.74) is 1.18. The van der Waals surface area contributed by atoms with Gasteiger partial charge in [-0.15, -0.1) is 0 Å². The van der Waals surface area contributed by atoms with Crippen LogP contribution in [0.5, 0.6) is 11.5 Å². The van der Waals surface area contributed by atoms with Gasteiger partial charge in [-0.25, -0.2) is 0 Å². The standard InChI is InChI=1S/C24H30N2O4/c1-18(27)26-24(13-7-4-8-14-24)23(28)25-16-20-11-12-21(22(15-20)29-2)30-17-19-9-5-3-6-10-19/h3,5-6,9-12,15H,4,7-8,13-14,16-17H2,1-2H3,(H,25,28)(H,26,27). The molecule has 2 aromatic carbocycles. The van der Waals surface area contributed by atoms with Crippen molar-refractivity contribution < 1.29 is 19.1 Å². The van der Waals surface area contributed by atoms with Gasteiger partial charge in [0.2, 0.25) is 11.8 Å². The SMILES string of the molecule is COc1cc(CNC(=O)C2(NC(C)=O)CCCCC2)ccc1OCc1ccccc1.